The van der Waals surface area contributed by atoms with Crippen molar-refractivity contribution in [2.45, 2.75) is 26.3 Å². The lowest BCUT2D eigenvalue weighted by Crippen LogP contribution is -2.34. The fourth-order valence-corrected chi connectivity index (χ4v) is 0.803. The SMILES string of the molecule is [2H]OC(=O)[C@H](CC(C)C)NC. The molecule has 0 aromatic heterocycles. The highest BCUT2D eigenvalue weighted by molar-refractivity contribution is 5.73. The van der Waals surface area contributed by atoms with E-state index in [2.05, 4.69) is 10.4 Å². The number of nitrogens with one attached hydrogen (secondary N) is 1. The molecule has 0 aliphatic carbocycles. The van der Waals surface area contributed by atoms with Gasteiger partial charge in [0.05, 0.1) is 0 Å². The summed E-state index contributed by atoms with van der Waals surface area (Å²) in [5.74, 6) is -0.0900. The first-order valence-corrected chi connectivity index (χ1v) is 3.46. The lowest BCUT2D eigenvalue weighted by Gasteiger charge is -2.12. The van der Waals surface area contributed by atoms with Crippen molar-refractivity contribution in [3.8, 4) is 0 Å². The van der Waals surface area contributed by atoms with Crippen molar-refractivity contribution in [1.82, 2.24) is 5.32 Å². The van der Waals surface area contributed by atoms with Gasteiger partial charge in [-0.2, -0.15) is 0 Å². The maximum Gasteiger partial charge on any atom is 0.320 e. The van der Waals surface area contributed by atoms with Crippen LogP contribution in [-0.2, 0) is 4.79 Å². The van der Waals surface area contributed by atoms with Crippen LogP contribution in [-0.4, -0.2) is 24.2 Å². The van der Waals surface area contributed by atoms with E-state index in [1.807, 2.05) is 13.8 Å². The van der Waals surface area contributed by atoms with Gasteiger partial charge in [0, 0.05) is 0 Å². The highest BCUT2D eigenvalue weighted by Crippen LogP contribution is 2.03. The van der Waals surface area contributed by atoms with Crippen molar-refractivity contribution in [2.75, 3.05) is 7.05 Å². The molecule has 60 valence electrons. The quantitative estimate of drug-likeness (QED) is 0.614. The van der Waals surface area contributed by atoms with Crippen LogP contribution in [0, 0.1) is 5.92 Å². The number of carbonyl (C=O) groups is 1. The summed E-state index contributed by atoms with van der Waals surface area (Å²) in [6.45, 7) is 4.03. The van der Waals surface area contributed by atoms with Gasteiger partial charge in [0.25, 0.3) is 1.43 Å². The Labute approximate surface area is 62.9 Å². The molecular formula is C7H15NO2. The minimum absolute atomic E-state index is 0.340. The zero-order chi connectivity index (χ0) is 8.85. The molecule has 3 nitrogen and oxygen atoms in total. The zero-order valence-corrected chi connectivity index (χ0v) is 6.68. The fourth-order valence-electron chi connectivity index (χ4n) is 0.803. The molecule has 0 aliphatic rings. The van der Waals surface area contributed by atoms with Gasteiger partial charge in [-0.05, 0) is 19.4 Å². The van der Waals surface area contributed by atoms with Crippen LogP contribution < -0.4 is 5.32 Å². The smallest absolute Gasteiger partial charge is 0.320 e. The molecule has 0 spiro atoms. The summed E-state index contributed by atoms with van der Waals surface area (Å²) in [7, 11) is 1.68. The van der Waals surface area contributed by atoms with E-state index in [0.29, 0.717) is 12.3 Å². The number of carboxylic acids is 1. The molecule has 0 saturated carbocycles. The predicted molar refractivity (Wildman–Crippen MR) is 39.9 cm³/mol. The molecule has 0 radical (unpaired) electrons. The van der Waals surface area contributed by atoms with Crippen LogP contribution in [0.15, 0.2) is 0 Å². The average Bonchev–Trinajstić information content (AvgIpc) is 1.98. The largest absolute Gasteiger partial charge is 0.480 e. The van der Waals surface area contributed by atoms with Crippen LogP contribution in [0.2, 0.25) is 0 Å². The van der Waals surface area contributed by atoms with Crippen LogP contribution in [0.25, 0.3) is 1.43 Å². The van der Waals surface area contributed by atoms with Gasteiger partial charge in [0.2, 0.25) is 0 Å². The number of carboxylic acid groups (broad SMARTS) is 1. The van der Waals surface area contributed by atoms with Crippen molar-refractivity contribution >= 4 is 5.97 Å². The Morgan fingerprint density at radius 2 is 2.40 bits per heavy atom. The van der Waals surface area contributed by atoms with Gasteiger partial charge in [-0.3, -0.25) is 4.79 Å². The lowest BCUT2D eigenvalue weighted by atomic mass is 10.0. The molecule has 0 aromatic carbocycles. The van der Waals surface area contributed by atoms with E-state index in [-0.39, 0.29) is 6.04 Å². The first-order valence-electron chi connectivity index (χ1n) is 3.87. The Morgan fingerprint density at radius 1 is 1.80 bits per heavy atom. The van der Waals surface area contributed by atoms with E-state index in [4.69, 9.17) is 1.43 Å². The van der Waals surface area contributed by atoms with E-state index < -0.39 is 5.97 Å². The first-order chi connectivity index (χ1) is 5.11. The molecule has 0 heterocycles. The summed E-state index contributed by atoms with van der Waals surface area (Å²) in [5, 5.41) is 6.64. The molecule has 3 heteroatoms. The molecule has 2 N–H and O–H groups in total. The van der Waals surface area contributed by atoms with Crippen molar-refractivity contribution < 1.29 is 9.90 Å². The summed E-state index contributed by atoms with van der Waals surface area (Å²) in [4.78, 5) is 10.8. The first kappa shape index (κ1) is 7.54. The van der Waals surface area contributed by atoms with Gasteiger partial charge >= 0.3 is 5.97 Å². The second-order valence-corrected chi connectivity index (χ2v) is 2.79. The Hall–Kier alpha value is -0.570. The number of rotatable bonds is 4. The maximum atomic E-state index is 10.8. The molecule has 0 amide bonds. The molecule has 0 bridgehead atoms. The van der Waals surface area contributed by atoms with Crippen molar-refractivity contribution in [3.63, 3.8) is 0 Å². The van der Waals surface area contributed by atoms with Crippen LogP contribution in [0.4, 0.5) is 0 Å². The summed E-state index contributed by atoms with van der Waals surface area (Å²) in [6, 6.07) is -0.340. The van der Waals surface area contributed by atoms with Crippen LogP contribution in [0.3, 0.4) is 0 Å². The van der Waals surface area contributed by atoms with E-state index in [9.17, 15) is 4.79 Å². The molecule has 0 fully saturated rings. The standard InChI is InChI=1S/C7H15NO2/c1-5(2)4-6(8-3)7(9)10/h5-6,8H,4H2,1-3H3,(H,9,10)/t6-/m0/s1/i/hD. The van der Waals surface area contributed by atoms with Crippen molar-refractivity contribution in [3.05, 3.63) is 0 Å². The Bertz CT molecular complexity index is 128. The molecule has 10 heavy (non-hydrogen) atoms. The van der Waals surface area contributed by atoms with Crippen LogP contribution >= 0.6 is 0 Å². The number of hydrogen-bond acceptors (Lipinski definition) is 3. The Morgan fingerprint density at radius 3 is 2.70 bits per heavy atom. The van der Waals surface area contributed by atoms with Gasteiger partial charge in [-0.25, -0.2) is 0 Å². The number of likely N-dealkylation sites (N-methyl/N-ethyl adjacent to an activating group) is 1. The minimum atomic E-state index is -0.513. The zero-order valence-electron chi connectivity index (χ0n) is 7.68. The maximum absolute atomic E-state index is 10.8. The van der Waals surface area contributed by atoms with Crippen molar-refractivity contribution in [1.29, 1.82) is 1.43 Å². The van der Waals surface area contributed by atoms with E-state index in [1.54, 1.807) is 7.05 Å². The van der Waals surface area contributed by atoms with Gasteiger partial charge in [-0.15, -0.1) is 0 Å². The minimum Gasteiger partial charge on any atom is -0.480 e. The highest BCUT2D eigenvalue weighted by Gasteiger charge is 2.15. The topological polar surface area (TPSA) is 49.3 Å². The molecule has 1 atom stereocenters. The summed E-state index contributed by atoms with van der Waals surface area (Å²) >= 11 is 0. The summed E-state index contributed by atoms with van der Waals surface area (Å²) < 4.78 is 6.40. The number of hydrogen-bond donors (Lipinski definition) is 2. The average molecular weight is 146 g/mol. The monoisotopic (exact) mass is 146 g/mol. The molecule has 0 saturated heterocycles. The molecular weight excluding hydrogens is 130 g/mol. The third-order valence-electron chi connectivity index (χ3n) is 1.34. The Balaban J connectivity index is 3.84. The van der Waals surface area contributed by atoms with E-state index >= 15 is 0 Å². The fraction of sp³-hybridized carbons (Fsp3) is 0.857. The Kier molecular flexibility index (Phi) is 3.22. The van der Waals surface area contributed by atoms with Gasteiger partial charge in [0.1, 0.15) is 6.04 Å². The van der Waals surface area contributed by atoms with Crippen LogP contribution in [0.1, 0.15) is 20.3 Å². The molecule has 0 aromatic rings. The summed E-state index contributed by atoms with van der Waals surface area (Å²) in [5.41, 5.74) is 0. The number of aliphatic carboxylic acids is 1. The molecule has 0 unspecified atom stereocenters. The van der Waals surface area contributed by atoms with Gasteiger partial charge in [-0.1, -0.05) is 13.8 Å². The molecule has 0 aliphatic heterocycles. The second-order valence-electron chi connectivity index (χ2n) is 2.79. The predicted octanol–water partition coefficient (Wildman–Crippen LogP) is 0.705. The van der Waals surface area contributed by atoms with Gasteiger partial charge < -0.3 is 10.4 Å². The highest BCUT2D eigenvalue weighted by atomic mass is 16.4. The van der Waals surface area contributed by atoms with E-state index in [0.717, 1.165) is 0 Å². The van der Waals surface area contributed by atoms with Crippen molar-refractivity contribution in [2.24, 2.45) is 5.92 Å². The van der Waals surface area contributed by atoms with Gasteiger partial charge in [0.15, 0.2) is 0 Å². The van der Waals surface area contributed by atoms with Crippen LogP contribution in [0.5, 0.6) is 0 Å². The summed E-state index contributed by atoms with van der Waals surface area (Å²) in [6.07, 6.45) is 0.703. The third-order valence-corrected chi connectivity index (χ3v) is 1.34. The lowest BCUT2D eigenvalue weighted by molar-refractivity contribution is -0.139. The van der Waals surface area contributed by atoms with E-state index in [1.165, 1.54) is 0 Å². The normalized spacial score (nSPS) is 14.6. The second kappa shape index (κ2) is 4.28. The third kappa shape index (κ3) is 3.45. The molecule has 0 rings (SSSR count).